The molecular formula is C20H27N3O5. The van der Waals surface area contributed by atoms with Crippen molar-refractivity contribution in [2.45, 2.75) is 25.0 Å². The Bertz CT molecular complexity index is 699. The van der Waals surface area contributed by atoms with E-state index in [0.717, 1.165) is 5.56 Å². The molecule has 1 aromatic carbocycles. The fourth-order valence-electron chi connectivity index (χ4n) is 3.24. The summed E-state index contributed by atoms with van der Waals surface area (Å²) in [5.41, 5.74) is 3.65. The first-order chi connectivity index (χ1) is 13.6. The Labute approximate surface area is 164 Å². The first-order valence-electron chi connectivity index (χ1n) is 9.45. The zero-order chi connectivity index (χ0) is 19.8. The van der Waals surface area contributed by atoms with Crippen LogP contribution in [-0.4, -0.2) is 62.3 Å². The van der Waals surface area contributed by atoms with Crippen LogP contribution < -0.4 is 10.8 Å². The second-order valence-corrected chi connectivity index (χ2v) is 6.92. The Balaban J connectivity index is 1.45. The van der Waals surface area contributed by atoms with Gasteiger partial charge in [-0.25, -0.2) is 0 Å². The molecule has 0 aliphatic carbocycles. The molecule has 2 N–H and O–H groups in total. The lowest BCUT2D eigenvalue weighted by atomic mass is 9.91. The predicted molar refractivity (Wildman–Crippen MR) is 102 cm³/mol. The van der Waals surface area contributed by atoms with E-state index >= 15 is 0 Å². The number of benzene rings is 1. The van der Waals surface area contributed by atoms with Crippen molar-refractivity contribution in [3.05, 3.63) is 47.7 Å². The van der Waals surface area contributed by atoms with Crippen molar-refractivity contribution in [3.63, 3.8) is 0 Å². The molecule has 0 atom stereocenters. The molecule has 1 aromatic rings. The SMILES string of the molecule is COCCOCC(=O)N1CCC2(C=C(C(=O)NCc3ccccc3)NO2)CC1. The number of hydroxylamine groups is 1. The monoisotopic (exact) mass is 389 g/mol. The van der Waals surface area contributed by atoms with Crippen LogP contribution in [0.4, 0.5) is 0 Å². The molecule has 0 unspecified atom stereocenters. The Kier molecular flexibility index (Phi) is 7.02. The summed E-state index contributed by atoms with van der Waals surface area (Å²) in [6.45, 7) is 2.50. The number of likely N-dealkylation sites (tertiary alicyclic amines) is 1. The minimum Gasteiger partial charge on any atom is -0.382 e. The van der Waals surface area contributed by atoms with E-state index in [1.54, 1.807) is 12.0 Å². The third-order valence-corrected chi connectivity index (χ3v) is 4.93. The van der Waals surface area contributed by atoms with E-state index in [4.69, 9.17) is 14.3 Å². The van der Waals surface area contributed by atoms with Crippen molar-refractivity contribution in [2.75, 3.05) is 40.0 Å². The molecule has 3 rings (SSSR count). The zero-order valence-corrected chi connectivity index (χ0v) is 16.1. The predicted octanol–water partition coefficient (Wildman–Crippen LogP) is 0.746. The van der Waals surface area contributed by atoms with E-state index < -0.39 is 5.60 Å². The van der Waals surface area contributed by atoms with E-state index in [-0.39, 0.29) is 18.4 Å². The zero-order valence-electron chi connectivity index (χ0n) is 16.1. The fourth-order valence-corrected chi connectivity index (χ4v) is 3.24. The number of amides is 2. The van der Waals surface area contributed by atoms with Gasteiger partial charge in [-0.05, 0) is 11.6 Å². The van der Waals surface area contributed by atoms with Crippen LogP contribution in [0.25, 0.3) is 0 Å². The Morgan fingerprint density at radius 1 is 1.21 bits per heavy atom. The van der Waals surface area contributed by atoms with Gasteiger partial charge in [-0.1, -0.05) is 30.3 Å². The highest BCUT2D eigenvalue weighted by atomic mass is 16.7. The van der Waals surface area contributed by atoms with Gasteiger partial charge in [0.05, 0.1) is 13.2 Å². The minimum atomic E-state index is -0.549. The molecule has 1 fully saturated rings. The highest BCUT2D eigenvalue weighted by Crippen LogP contribution is 2.31. The second-order valence-electron chi connectivity index (χ2n) is 6.92. The maximum Gasteiger partial charge on any atom is 0.269 e. The summed E-state index contributed by atoms with van der Waals surface area (Å²) in [7, 11) is 1.59. The third-order valence-electron chi connectivity index (χ3n) is 4.93. The van der Waals surface area contributed by atoms with Gasteiger partial charge in [0.2, 0.25) is 5.91 Å². The lowest BCUT2D eigenvalue weighted by Gasteiger charge is -2.36. The van der Waals surface area contributed by atoms with E-state index in [1.807, 2.05) is 36.4 Å². The molecule has 152 valence electrons. The summed E-state index contributed by atoms with van der Waals surface area (Å²) in [6, 6.07) is 9.72. The normalized spacial score (nSPS) is 17.9. The third kappa shape index (κ3) is 5.31. The molecule has 0 radical (unpaired) electrons. The molecule has 8 heteroatoms. The van der Waals surface area contributed by atoms with E-state index in [2.05, 4.69) is 10.8 Å². The molecule has 0 aromatic heterocycles. The van der Waals surface area contributed by atoms with Gasteiger partial charge in [-0.2, -0.15) is 0 Å². The largest absolute Gasteiger partial charge is 0.382 e. The van der Waals surface area contributed by atoms with Gasteiger partial charge in [-0.3, -0.25) is 19.9 Å². The standard InChI is InChI=1S/C20H27N3O5/c1-26-11-12-27-15-18(24)23-9-7-20(8-10-23)13-17(22-28-20)19(25)21-14-16-5-3-2-4-6-16/h2-6,13,22H,7-12,14-15H2,1H3,(H,21,25). The lowest BCUT2D eigenvalue weighted by molar-refractivity contribution is -0.142. The number of hydrogen-bond donors (Lipinski definition) is 2. The van der Waals surface area contributed by atoms with Gasteiger partial charge in [0.15, 0.2) is 0 Å². The van der Waals surface area contributed by atoms with Crippen molar-refractivity contribution in [1.29, 1.82) is 0 Å². The van der Waals surface area contributed by atoms with Gasteiger partial charge in [0.25, 0.3) is 5.91 Å². The number of carbonyl (C=O) groups excluding carboxylic acids is 2. The van der Waals surface area contributed by atoms with Gasteiger partial charge < -0.3 is 19.7 Å². The number of rotatable bonds is 8. The first-order valence-corrected chi connectivity index (χ1v) is 9.45. The molecule has 0 bridgehead atoms. The lowest BCUT2D eigenvalue weighted by Crippen LogP contribution is -2.47. The summed E-state index contributed by atoms with van der Waals surface area (Å²) in [5, 5.41) is 2.88. The topological polar surface area (TPSA) is 89.1 Å². The van der Waals surface area contributed by atoms with Crippen LogP contribution in [0.15, 0.2) is 42.1 Å². The number of hydrogen-bond acceptors (Lipinski definition) is 6. The number of nitrogens with one attached hydrogen (secondary N) is 2. The number of piperidine rings is 1. The molecule has 2 amide bonds. The van der Waals surface area contributed by atoms with Crippen molar-refractivity contribution in [1.82, 2.24) is 15.7 Å². The Hall–Kier alpha value is -2.42. The van der Waals surface area contributed by atoms with Crippen LogP contribution in [0.2, 0.25) is 0 Å². The summed E-state index contributed by atoms with van der Waals surface area (Å²) in [4.78, 5) is 32.0. The highest BCUT2D eigenvalue weighted by Gasteiger charge is 2.40. The maximum atomic E-state index is 12.4. The fraction of sp³-hybridized carbons (Fsp3) is 0.500. The van der Waals surface area contributed by atoms with Gasteiger partial charge in [0.1, 0.15) is 17.9 Å². The molecule has 8 nitrogen and oxygen atoms in total. The smallest absolute Gasteiger partial charge is 0.269 e. The van der Waals surface area contributed by atoms with Crippen LogP contribution >= 0.6 is 0 Å². The molecule has 2 aliphatic heterocycles. The molecule has 28 heavy (non-hydrogen) atoms. The Morgan fingerprint density at radius 3 is 2.68 bits per heavy atom. The summed E-state index contributed by atoms with van der Waals surface area (Å²) >= 11 is 0. The van der Waals surface area contributed by atoms with Gasteiger partial charge in [0, 0.05) is 39.6 Å². The first kappa shape index (κ1) is 20.3. The van der Waals surface area contributed by atoms with Crippen molar-refractivity contribution >= 4 is 11.8 Å². The number of carbonyl (C=O) groups is 2. The van der Waals surface area contributed by atoms with Gasteiger partial charge >= 0.3 is 0 Å². The molecule has 2 heterocycles. The maximum absolute atomic E-state index is 12.4. The van der Waals surface area contributed by atoms with E-state index in [1.165, 1.54) is 0 Å². The van der Waals surface area contributed by atoms with Gasteiger partial charge in [-0.15, -0.1) is 0 Å². The minimum absolute atomic E-state index is 0.0401. The second kappa shape index (κ2) is 9.68. The molecule has 1 saturated heterocycles. The molecule has 0 saturated carbocycles. The molecule has 2 aliphatic rings. The summed E-state index contributed by atoms with van der Waals surface area (Å²) < 4.78 is 10.2. The number of ether oxygens (including phenoxy) is 2. The van der Waals surface area contributed by atoms with Crippen molar-refractivity contribution in [3.8, 4) is 0 Å². The highest BCUT2D eigenvalue weighted by molar-refractivity contribution is 5.93. The summed E-state index contributed by atoms with van der Waals surface area (Å²) in [5.74, 6) is -0.243. The number of nitrogens with zero attached hydrogens (tertiary/aromatic N) is 1. The molecular weight excluding hydrogens is 362 g/mol. The van der Waals surface area contributed by atoms with Crippen LogP contribution in [-0.2, 0) is 30.4 Å². The van der Waals surface area contributed by atoms with Crippen LogP contribution in [0.3, 0.4) is 0 Å². The van der Waals surface area contributed by atoms with E-state index in [0.29, 0.717) is 51.4 Å². The quantitative estimate of drug-likeness (QED) is 0.638. The average Bonchev–Trinajstić information content (AvgIpc) is 3.14. The van der Waals surface area contributed by atoms with Crippen molar-refractivity contribution < 1.29 is 23.9 Å². The molecule has 1 spiro atoms. The van der Waals surface area contributed by atoms with Crippen LogP contribution in [0.1, 0.15) is 18.4 Å². The summed E-state index contributed by atoms with van der Waals surface area (Å²) in [6.07, 6.45) is 3.09. The Morgan fingerprint density at radius 2 is 1.96 bits per heavy atom. The van der Waals surface area contributed by atoms with Crippen LogP contribution in [0, 0.1) is 0 Å². The average molecular weight is 389 g/mol. The van der Waals surface area contributed by atoms with E-state index in [9.17, 15) is 9.59 Å². The van der Waals surface area contributed by atoms with Crippen LogP contribution in [0.5, 0.6) is 0 Å². The number of methoxy groups -OCH3 is 1. The van der Waals surface area contributed by atoms with Crippen molar-refractivity contribution in [2.24, 2.45) is 0 Å².